The van der Waals surface area contributed by atoms with Gasteiger partial charge in [0, 0.05) is 40.9 Å². The maximum Gasteiger partial charge on any atom is 0.301 e. The number of halogens is 4. The van der Waals surface area contributed by atoms with Crippen molar-refractivity contribution >= 4 is 60.2 Å². The van der Waals surface area contributed by atoms with E-state index >= 15 is 0 Å². The molecule has 3 heterocycles. The molecule has 0 aliphatic carbocycles. The van der Waals surface area contributed by atoms with E-state index in [1.54, 1.807) is 6.07 Å². The minimum atomic E-state index is -4.12. The van der Waals surface area contributed by atoms with Crippen LogP contribution in [0.4, 0.5) is 14.5 Å². The highest BCUT2D eigenvalue weighted by molar-refractivity contribution is 9.10. The smallest absolute Gasteiger partial charge is 0.301 e. The first kappa shape index (κ1) is 21.2. The number of anilines is 1. The second-order valence-electron chi connectivity index (χ2n) is 6.72. The monoisotopic (exact) mass is 518 g/mol. The number of rotatable bonds is 5. The second-order valence-corrected chi connectivity index (χ2v) is 9.68. The van der Waals surface area contributed by atoms with E-state index in [9.17, 15) is 22.0 Å². The first-order valence-corrected chi connectivity index (χ1v) is 11.4. The molecule has 1 saturated heterocycles. The van der Waals surface area contributed by atoms with Crippen molar-refractivity contribution in [3.05, 3.63) is 57.0 Å². The van der Waals surface area contributed by atoms with Crippen LogP contribution in [0.2, 0.25) is 5.02 Å². The van der Waals surface area contributed by atoms with E-state index in [4.69, 9.17) is 11.6 Å². The van der Waals surface area contributed by atoms with Crippen molar-refractivity contribution in [3.8, 4) is 0 Å². The Hall–Kier alpha value is -2.08. The zero-order chi connectivity index (χ0) is 21.6. The van der Waals surface area contributed by atoms with Gasteiger partial charge in [-0.05, 0) is 40.5 Å². The summed E-state index contributed by atoms with van der Waals surface area (Å²) in [6.45, 7) is -0.268. The molecule has 4 rings (SSSR count). The predicted molar refractivity (Wildman–Crippen MR) is 112 cm³/mol. The Morgan fingerprint density at radius 1 is 1.40 bits per heavy atom. The quantitative estimate of drug-likeness (QED) is 0.497. The summed E-state index contributed by atoms with van der Waals surface area (Å²) >= 11 is 9.51. The third-order valence-electron chi connectivity index (χ3n) is 4.73. The van der Waals surface area contributed by atoms with Crippen LogP contribution in [0.15, 0.2) is 35.1 Å². The molecule has 158 valence electrons. The van der Waals surface area contributed by atoms with E-state index in [-0.39, 0.29) is 30.8 Å². The number of alkyl halides is 1. The number of nitrogens with zero attached hydrogens (tertiary/aromatic N) is 2. The number of nitrogens with one attached hydrogen (secondary N) is 2. The number of carbonyl (C=O) groups excluding carboxylic acids is 1. The lowest BCUT2D eigenvalue weighted by molar-refractivity contribution is 0.103. The minimum Gasteiger partial charge on any atom is -0.345 e. The highest BCUT2D eigenvalue weighted by atomic mass is 79.9. The summed E-state index contributed by atoms with van der Waals surface area (Å²) in [5.41, 5.74) is -0.116. The number of hydrogen-bond donors (Lipinski definition) is 2. The Bertz CT molecular complexity index is 1270. The standard InChI is InChI=1S/C18H14BrClF2N4O3S/c19-9-5-11-12(7-24-18(11)23-6-9)17(27)15-13(22)1-2-14(16(15)20)25-30(28,29)26-4-3-10(21)8-26/h1-2,5-7,10,25H,3-4,8H2,(H,23,24)/t10-/m1/s1. The Kier molecular flexibility index (Phi) is 5.56. The van der Waals surface area contributed by atoms with Crippen molar-refractivity contribution in [3.63, 3.8) is 0 Å². The normalized spacial score (nSPS) is 17.5. The van der Waals surface area contributed by atoms with Crippen LogP contribution in [-0.2, 0) is 10.2 Å². The molecule has 3 aromatic rings. The van der Waals surface area contributed by atoms with Gasteiger partial charge in [-0.1, -0.05) is 11.6 Å². The molecule has 30 heavy (non-hydrogen) atoms. The molecule has 2 N–H and O–H groups in total. The number of hydrogen-bond acceptors (Lipinski definition) is 4. The van der Waals surface area contributed by atoms with Crippen molar-refractivity contribution in [2.45, 2.75) is 12.6 Å². The van der Waals surface area contributed by atoms with Gasteiger partial charge in [-0.15, -0.1) is 0 Å². The van der Waals surface area contributed by atoms with Gasteiger partial charge in [-0.3, -0.25) is 9.52 Å². The van der Waals surface area contributed by atoms with Gasteiger partial charge in [0.05, 0.1) is 16.3 Å². The number of aromatic nitrogens is 2. The molecule has 0 spiro atoms. The van der Waals surface area contributed by atoms with Gasteiger partial charge >= 0.3 is 10.2 Å². The van der Waals surface area contributed by atoms with E-state index in [0.717, 1.165) is 16.4 Å². The van der Waals surface area contributed by atoms with Crippen LogP contribution in [0.5, 0.6) is 0 Å². The molecule has 1 fully saturated rings. The van der Waals surface area contributed by atoms with E-state index in [0.29, 0.717) is 15.5 Å². The molecule has 12 heteroatoms. The van der Waals surface area contributed by atoms with E-state index in [1.807, 2.05) is 0 Å². The Labute approximate surface area is 183 Å². The fourth-order valence-electron chi connectivity index (χ4n) is 3.25. The maximum absolute atomic E-state index is 14.6. The average Bonchev–Trinajstić information content (AvgIpc) is 3.30. The van der Waals surface area contributed by atoms with E-state index < -0.39 is 38.6 Å². The van der Waals surface area contributed by atoms with Crippen LogP contribution in [0.3, 0.4) is 0 Å². The van der Waals surface area contributed by atoms with Crippen LogP contribution in [0.25, 0.3) is 11.0 Å². The van der Waals surface area contributed by atoms with Crippen LogP contribution >= 0.6 is 27.5 Å². The average molecular weight is 520 g/mol. The summed E-state index contributed by atoms with van der Waals surface area (Å²) in [5.74, 6) is -1.65. The SMILES string of the molecule is O=C(c1c(F)ccc(NS(=O)(=O)N2CC[C@@H](F)C2)c1Cl)c1c[nH]c2ncc(Br)cc12. The van der Waals surface area contributed by atoms with Crippen molar-refractivity contribution in [1.82, 2.24) is 14.3 Å². The molecule has 0 unspecified atom stereocenters. The zero-order valence-electron chi connectivity index (χ0n) is 15.1. The first-order chi connectivity index (χ1) is 14.2. The van der Waals surface area contributed by atoms with Crippen molar-refractivity contribution < 1.29 is 22.0 Å². The number of aromatic amines is 1. The Morgan fingerprint density at radius 2 is 2.17 bits per heavy atom. The van der Waals surface area contributed by atoms with Crippen LogP contribution in [-0.4, -0.2) is 47.7 Å². The molecule has 1 aromatic carbocycles. The Balaban J connectivity index is 1.72. The second kappa shape index (κ2) is 7.88. The lowest BCUT2D eigenvalue weighted by Crippen LogP contribution is -2.34. The number of carbonyl (C=O) groups is 1. The van der Waals surface area contributed by atoms with Crippen molar-refractivity contribution in [1.29, 1.82) is 0 Å². The van der Waals surface area contributed by atoms with Gasteiger partial charge in [-0.25, -0.2) is 13.8 Å². The van der Waals surface area contributed by atoms with Gasteiger partial charge in [-0.2, -0.15) is 12.7 Å². The molecular formula is C18H14BrClF2N4O3S. The summed E-state index contributed by atoms with van der Waals surface area (Å²) in [7, 11) is -4.12. The summed E-state index contributed by atoms with van der Waals surface area (Å²) in [5, 5.41) is 0.0544. The summed E-state index contributed by atoms with van der Waals surface area (Å²) in [6.07, 6.45) is 1.75. The molecular weight excluding hydrogens is 506 g/mol. The lowest BCUT2D eigenvalue weighted by atomic mass is 10.0. The topological polar surface area (TPSA) is 95.2 Å². The molecule has 0 saturated carbocycles. The zero-order valence-corrected chi connectivity index (χ0v) is 18.3. The fraction of sp³-hybridized carbons (Fsp3) is 0.222. The maximum atomic E-state index is 14.6. The molecule has 1 aliphatic rings. The Morgan fingerprint density at radius 3 is 2.87 bits per heavy atom. The molecule has 0 radical (unpaired) electrons. The number of ketones is 1. The number of H-pyrrole nitrogens is 1. The minimum absolute atomic E-state index is 0.0122. The highest BCUT2D eigenvalue weighted by Gasteiger charge is 2.32. The third kappa shape index (κ3) is 3.82. The molecule has 0 bridgehead atoms. The first-order valence-electron chi connectivity index (χ1n) is 8.74. The number of fused-ring (bicyclic) bond motifs is 1. The fourth-order valence-corrected chi connectivity index (χ4v) is 5.20. The summed E-state index contributed by atoms with van der Waals surface area (Å²) in [6, 6.07) is 3.70. The highest BCUT2D eigenvalue weighted by Crippen LogP contribution is 2.33. The number of pyridine rings is 1. The molecule has 0 amide bonds. The predicted octanol–water partition coefficient (Wildman–Crippen LogP) is 4.05. The molecule has 1 atom stereocenters. The molecule has 1 aliphatic heterocycles. The van der Waals surface area contributed by atoms with Gasteiger partial charge in [0.25, 0.3) is 0 Å². The lowest BCUT2D eigenvalue weighted by Gasteiger charge is -2.18. The molecule has 7 nitrogen and oxygen atoms in total. The third-order valence-corrected chi connectivity index (χ3v) is 7.05. The van der Waals surface area contributed by atoms with Gasteiger partial charge < -0.3 is 4.98 Å². The number of benzene rings is 1. The van der Waals surface area contributed by atoms with Gasteiger partial charge in [0.1, 0.15) is 17.6 Å². The van der Waals surface area contributed by atoms with Crippen LogP contribution < -0.4 is 4.72 Å². The largest absolute Gasteiger partial charge is 0.345 e. The van der Waals surface area contributed by atoms with E-state index in [1.165, 1.54) is 12.4 Å². The van der Waals surface area contributed by atoms with Crippen LogP contribution in [0.1, 0.15) is 22.3 Å². The van der Waals surface area contributed by atoms with E-state index in [2.05, 4.69) is 30.6 Å². The van der Waals surface area contributed by atoms with Crippen molar-refractivity contribution in [2.24, 2.45) is 0 Å². The summed E-state index contributed by atoms with van der Waals surface area (Å²) in [4.78, 5) is 20.0. The summed E-state index contributed by atoms with van der Waals surface area (Å²) < 4.78 is 56.7. The molecule has 2 aromatic heterocycles. The van der Waals surface area contributed by atoms with Gasteiger partial charge in [0.15, 0.2) is 5.78 Å². The van der Waals surface area contributed by atoms with Crippen molar-refractivity contribution in [2.75, 3.05) is 17.8 Å². The van der Waals surface area contributed by atoms with Crippen LogP contribution in [0, 0.1) is 5.82 Å². The van der Waals surface area contributed by atoms with Gasteiger partial charge in [0.2, 0.25) is 0 Å².